The predicted octanol–water partition coefficient (Wildman–Crippen LogP) is 1.28. The van der Waals surface area contributed by atoms with Crippen LogP contribution in [0.2, 0.25) is 0 Å². The van der Waals surface area contributed by atoms with Crippen LogP contribution in [0.1, 0.15) is 25.3 Å². The highest BCUT2D eigenvalue weighted by molar-refractivity contribution is 7.84. The molecule has 1 aromatic rings. The molecule has 0 aromatic heterocycles. The fourth-order valence-corrected chi connectivity index (χ4v) is 4.03. The number of nitrogens with one attached hydrogen (secondary N) is 2. The van der Waals surface area contributed by atoms with Crippen LogP contribution >= 0.6 is 0 Å². The summed E-state index contributed by atoms with van der Waals surface area (Å²) in [6.45, 7) is 5.55. The maximum Gasteiger partial charge on any atom is 0.191 e. The molecule has 1 heterocycles. The van der Waals surface area contributed by atoms with E-state index in [9.17, 15) is 9.32 Å². The van der Waals surface area contributed by atoms with Gasteiger partial charge in [0.15, 0.2) is 5.96 Å². The van der Waals surface area contributed by atoms with E-state index in [4.69, 9.17) is 4.74 Å². The standard InChI is InChI=1S/C19H31N3O3S/c1-2-20-18(22-15-19(8-11-23)9-12-25-16-19)21-10-13-26(24)14-17-6-4-3-5-7-17/h3-7,23H,2,8-16H2,1H3,(H2,20,21,22). The Balaban J connectivity index is 1.80. The molecule has 0 radical (unpaired) electrons. The lowest BCUT2D eigenvalue weighted by molar-refractivity contribution is 0.131. The molecule has 0 spiro atoms. The molecule has 2 unspecified atom stereocenters. The molecule has 0 aliphatic carbocycles. The van der Waals surface area contributed by atoms with Gasteiger partial charge in [-0.2, -0.15) is 0 Å². The minimum Gasteiger partial charge on any atom is -0.396 e. The van der Waals surface area contributed by atoms with Crippen molar-refractivity contribution < 1.29 is 14.1 Å². The fraction of sp³-hybridized carbons (Fsp3) is 0.632. The van der Waals surface area contributed by atoms with E-state index < -0.39 is 10.8 Å². The average molecular weight is 382 g/mol. The average Bonchev–Trinajstić information content (AvgIpc) is 3.10. The van der Waals surface area contributed by atoms with Gasteiger partial charge in [0, 0.05) is 54.0 Å². The molecule has 1 fully saturated rings. The van der Waals surface area contributed by atoms with E-state index in [1.165, 1.54) is 0 Å². The van der Waals surface area contributed by atoms with Crippen LogP contribution in [0, 0.1) is 5.41 Å². The molecule has 1 aliphatic heterocycles. The van der Waals surface area contributed by atoms with E-state index in [0.29, 0.717) is 37.6 Å². The normalized spacial score (nSPS) is 21.5. The first-order chi connectivity index (χ1) is 12.7. The van der Waals surface area contributed by atoms with Crippen LogP contribution in [-0.2, 0) is 21.3 Å². The third-order valence-electron chi connectivity index (χ3n) is 4.54. The number of nitrogens with zero attached hydrogens (tertiary/aromatic N) is 1. The lowest BCUT2D eigenvalue weighted by Gasteiger charge is -2.24. The van der Waals surface area contributed by atoms with Crippen molar-refractivity contribution in [1.82, 2.24) is 10.6 Å². The second kappa shape index (κ2) is 11.3. The van der Waals surface area contributed by atoms with Crippen molar-refractivity contribution in [2.24, 2.45) is 10.4 Å². The molecule has 1 saturated heterocycles. The van der Waals surface area contributed by atoms with Gasteiger partial charge in [0.2, 0.25) is 0 Å². The zero-order valence-corrected chi connectivity index (χ0v) is 16.4. The van der Waals surface area contributed by atoms with E-state index >= 15 is 0 Å². The van der Waals surface area contributed by atoms with Crippen molar-refractivity contribution in [2.75, 3.05) is 45.2 Å². The summed E-state index contributed by atoms with van der Waals surface area (Å²) in [5, 5.41) is 15.8. The quantitative estimate of drug-likeness (QED) is 0.420. The van der Waals surface area contributed by atoms with Gasteiger partial charge in [-0.1, -0.05) is 30.3 Å². The molecule has 0 bridgehead atoms. The lowest BCUT2D eigenvalue weighted by atomic mass is 9.84. The molecule has 2 atom stereocenters. The van der Waals surface area contributed by atoms with Crippen molar-refractivity contribution in [3.05, 3.63) is 35.9 Å². The molecule has 26 heavy (non-hydrogen) atoms. The number of aliphatic imine (C=N–C) groups is 1. The number of aliphatic hydroxyl groups is 1. The van der Waals surface area contributed by atoms with Crippen molar-refractivity contribution >= 4 is 16.8 Å². The monoisotopic (exact) mass is 381 g/mol. The van der Waals surface area contributed by atoms with Crippen LogP contribution < -0.4 is 10.6 Å². The highest BCUT2D eigenvalue weighted by Gasteiger charge is 2.34. The number of guanidine groups is 1. The van der Waals surface area contributed by atoms with Crippen LogP contribution in [0.5, 0.6) is 0 Å². The highest BCUT2D eigenvalue weighted by atomic mass is 32.2. The number of aliphatic hydroxyl groups excluding tert-OH is 1. The SMILES string of the molecule is CCNC(=NCC1(CCO)CCOC1)NCCS(=O)Cc1ccccc1. The summed E-state index contributed by atoms with van der Waals surface area (Å²) in [6.07, 6.45) is 1.63. The maximum absolute atomic E-state index is 12.2. The van der Waals surface area contributed by atoms with E-state index in [1.807, 2.05) is 37.3 Å². The van der Waals surface area contributed by atoms with Gasteiger partial charge in [-0.05, 0) is 25.3 Å². The minimum absolute atomic E-state index is 0.0623. The molecule has 146 valence electrons. The minimum atomic E-state index is -0.907. The second-order valence-electron chi connectivity index (χ2n) is 6.67. The van der Waals surface area contributed by atoms with Crippen LogP contribution in [0.15, 0.2) is 35.3 Å². The van der Waals surface area contributed by atoms with Crippen LogP contribution in [-0.4, -0.2) is 60.5 Å². The molecule has 6 nitrogen and oxygen atoms in total. The third kappa shape index (κ3) is 7.05. The maximum atomic E-state index is 12.2. The van der Waals surface area contributed by atoms with Crippen LogP contribution in [0.25, 0.3) is 0 Å². The summed E-state index contributed by atoms with van der Waals surface area (Å²) in [5.41, 5.74) is 1.03. The summed E-state index contributed by atoms with van der Waals surface area (Å²) in [6, 6.07) is 9.90. The number of hydrogen-bond acceptors (Lipinski definition) is 4. The summed E-state index contributed by atoms with van der Waals surface area (Å²) in [5.74, 6) is 1.88. The Hall–Kier alpha value is -1.44. The molecule has 1 aliphatic rings. The Morgan fingerprint density at radius 1 is 1.35 bits per heavy atom. The van der Waals surface area contributed by atoms with Gasteiger partial charge in [0.1, 0.15) is 0 Å². The summed E-state index contributed by atoms with van der Waals surface area (Å²) in [4.78, 5) is 4.67. The molecule has 3 N–H and O–H groups in total. The summed E-state index contributed by atoms with van der Waals surface area (Å²) < 4.78 is 17.7. The van der Waals surface area contributed by atoms with Gasteiger partial charge >= 0.3 is 0 Å². The first kappa shape index (κ1) is 20.9. The topological polar surface area (TPSA) is 83.0 Å². The Morgan fingerprint density at radius 2 is 2.15 bits per heavy atom. The van der Waals surface area contributed by atoms with Crippen molar-refractivity contribution in [3.8, 4) is 0 Å². The number of benzene rings is 1. The smallest absolute Gasteiger partial charge is 0.191 e. The number of hydrogen-bond donors (Lipinski definition) is 3. The van der Waals surface area contributed by atoms with Gasteiger partial charge in [0.05, 0.1) is 13.2 Å². The molecule has 1 aromatic carbocycles. The van der Waals surface area contributed by atoms with Crippen LogP contribution in [0.3, 0.4) is 0 Å². The summed E-state index contributed by atoms with van der Waals surface area (Å²) in [7, 11) is -0.907. The molecular formula is C19H31N3O3S. The first-order valence-corrected chi connectivity index (χ1v) is 10.8. The zero-order chi connectivity index (χ0) is 18.7. The first-order valence-electron chi connectivity index (χ1n) is 9.27. The molecular weight excluding hydrogens is 350 g/mol. The molecule has 0 amide bonds. The van der Waals surface area contributed by atoms with E-state index in [-0.39, 0.29) is 12.0 Å². The predicted molar refractivity (Wildman–Crippen MR) is 107 cm³/mol. The Labute approximate surface area is 158 Å². The van der Waals surface area contributed by atoms with Gasteiger partial charge in [0.25, 0.3) is 0 Å². The van der Waals surface area contributed by atoms with E-state index in [1.54, 1.807) is 0 Å². The number of rotatable bonds is 10. The van der Waals surface area contributed by atoms with Gasteiger partial charge in [-0.15, -0.1) is 0 Å². The molecule has 0 saturated carbocycles. The van der Waals surface area contributed by atoms with Crippen molar-refractivity contribution in [3.63, 3.8) is 0 Å². The Bertz CT molecular complexity index is 575. The Kier molecular flexibility index (Phi) is 9.08. The van der Waals surface area contributed by atoms with Crippen molar-refractivity contribution in [2.45, 2.75) is 25.5 Å². The Morgan fingerprint density at radius 3 is 2.81 bits per heavy atom. The van der Waals surface area contributed by atoms with E-state index in [0.717, 1.165) is 31.1 Å². The fourth-order valence-electron chi connectivity index (χ4n) is 2.99. The van der Waals surface area contributed by atoms with Gasteiger partial charge in [-0.25, -0.2) is 0 Å². The number of ether oxygens (including phenoxy) is 1. The molecule has 7 heteroatoms. The zero-order valence-electron chi connectivity index (χ0n) is 15.6. The lowest BCUT2D eigenvalue weighted by Crippen LogP contribution is -2.40. The van der Waals surface area contributed by atoms with E-state index in [2.05, 4.69) is 15.6 Å². The largest absolute Gasteiger partial charge is 0.396 e. The van der Waals surface area contributed by atoms with Crippen LogP contribution in [0.4, 0.5) is 0 Å². The van der Waals surface area contributed by atoms with Gasteiger partial charge in [-0.3, -0.25) is 9.20 Å². The second-order valence-corrected chi connectivity index (χ2v) is 8.25. The van der Waals surface area contributed by atoms with Gasteiger partial charge < -0.3 is 20.5 Å². The summed E-state index contributed by atoms with van der Waals surface area (Å²) >= 11 is 0. The highest BCUT2D eigenvalue weighted by Crippen LogP contribution is 2.32. The van der Waals surface area contributed by atoms with Crippen molar-refractivity contribution in [1.29, 1.82) is 0 Å². The third-order valence-corrected chi connectivity index (χ3v) is 5.85. The molecule has 2 rings (SSSR count).